The number of rotatable bonds is 10. The molecule has 0 unspecified atom stereocenters. The highest BCUT2D eigenvalue weighted by molar-refractivity contribution is 8.06. The van der Waals surface area contributed by atoms with E-state index in [1.54, 1.807) is 0 Å². The Hall–Kier alpha value is 0.530. The number of hydrogen-bond donors (Lipinski definition) is 0. The highest BCUT2D eigenvalue weighted by Crippen LogP contribution is 2.39. The summed E-state index contributed by atoms with van der Waals surface area (Å²) in [4.78, 5) is 11.5. The molecule has 0 radical (unpaired) electrons. The number of hydrogen-bond acceptors (Lipinski definition) is 4. The molecule has 92 valence electrons. The normalized spacial score (nSPS) is 11.9. The van der Waals surface area contributed by atoms with Gasteiger partial charge in [0.15, 0.2) is 0 Å². The fourth-order valence-corrected chi connectivity index (χ4v) is 2.32. The van der Waals surface area contributed by atoms with Crippen molar-refractivity contribution in [2.75, 3.05) is 13.2 Å². The third-order valence-electron chi connectivity index (χ3n) is 1.99. The molecule has 0 aliphatic heterocycles. The van der Waals surface area contributed by atoms with Crippen molar-refractivity contribution >= 4 is 18.5 Å². The molecular formula is C10H22O3PS-. The Morgan fingerprint density at radius 1 is 0.933 bits per heavy atom. The van der Waals surface area contributed by atoms with Crippen LogP contribution in [0.25, 0.3) is 0 Å². The van der Waals surface area contributed by atoms with Crippen LogP contribution in [0.4, 0.5) is 0 Å². The van der Waals surface area contributed by atoms with E-state index in [4.69, 9.17) is 20.9 Å². The number of unbranched alkanes of at least 4 members (excludes halogenated alkanes) is 4. The van der Waals surface area contributed by atoms with Crippen LogP contribution in [-0.2, 0) is 20.9 Å². The molecule has 3 nitrogen and oxygen atoms in total. The summed E-state index contributed by atoms with van der Waals surface area (Å²) in [6.07, 6.45) is 6.17. The van der Waals surface area contributed by atoms with Crippen molar-refractivity contribution in [1.82, 2.24) is 0 Å². The average molecular weight is 253 g/mol. The first kappa shape index (κ1) is 15.5. The van der Waals surface area contributed by atoms with Gasteiger partial charge in [-0.1, -0.05) is 51.3 Å². The van der Waals surface area contributed by atoms with Gasteiger partial charge in [0.1, 0.15) is 6.72 Å². The first-order valence-electron chi connectivity index (χ1n) is 5.72. The minimum Gasteiger partial charge on any atom is -0.780 e. The van der Waals surface area contributed by atoms with Crippen molar-refractivity contribution in [3.05, 3.63) is 0 Å². The molecule has 0 amide bonds. The molecule has 0 aliphatic rings. The molecule has 0 atom stereocenters. The highest BCUT2D eigenvalue weighted by Gasteiger charge is 2.02. The van der Waals surface area contributed by atoms with Crippen molar-refractivity contribution in [3.63, 3.8) is 0 Å². The second kappa shape index (κ2) is 9.73. The molecule has 0 saturated carbocycles. The standard InChI is InChI=1S/C10H23O3PS/c1-3-5-7-9-12-14(11,15)13-10-8-6-4-2/h3-10H2,1-2H3,(H,11,15)/p-1. The topological polar surface area (TPSA) is 41.5 Å². The van der Waals surface area contributed by atoms with Crippen molar-refractivity contribution in [1.29, 1.82) is 0 Å². The van der Waals surface area contributed by atoms with Crippen LogP contribution in [0.3, 0.4) is 0 Å². The molecule has 0 aliphatic carbocycles. The predicted octanol–water partition coefficient (Wildman–Crippen LogP) is 2.98. The lowest BCUT2D eigenvalue weighted by molar-refractivity contribution is -0.206. The molecule has 0 aromatic rings. The molecule has 0 bridgehead atoms. The zero-order valence-corrected chi connectivity index (χ0v) is 11.4. The van der Waals surface area contributed by atoms with E-state index < -0.39 is 6.72 Å². The van der Waals surface area contributed by atoms with Gasteiger partial charge in [-0.15, -0.1) is 0 Å². The van der Waals surface area contributed by atoms with Gasteiger partial charge in [-0.3, -0.25) is 0 Å². The molecule has 0 saturated heterocycles. The van der Waals surface area contributed by atoms with E-state index in [2.05, 4.69) is 13.8 Å². The largest absolute Gasteiger partial charge is 0.780 e. The van der Waals surface area contributed by atoms with E-state index in [9.17, 15) is 4.89 Å². The molecule has 0 aromatic heterocycles. The molecule has 0 aromatic carbocycles. The molecule has 15 heavy (non-hydrogen) atoms. The van der Waals surface area contributed by atoms with Gasteiger partial charge in [0.2, 0.25) is 0 Å². The van der Waals surface area contributed by atoms with Crippen LogP contribution in [0.5, 0.6) is 0 Å². The van der Waals surface area contributed by atoms with Crippen molar-refractivity contribution in [2.24, 2.45) is 0 Å². The summed E-state index contributed by atoms with van der Waals surface area (Å²) in [7, 11) is 0. The molecule has 0 spiro atoms. The van der Waals surface area contributed by atoms with Crippen LogP contribution in [0.15, 0.2) is 0 Å². The lowest BCUT2D eigenvalue weighted by Gasteiger charge is -2.27. The molecule has 0 rings (SSSR count). The zero-order chi connectivity index (χ0) is 11.6. The summed E-state index contributed by atoms with van der Waals surface area (Å²) in [6, 6.07) is 0. The molecule has 0 fully saturated rings. The van der Waals surface area contributed by atoms with Crippen molar-refractivity contribution < 1.29 is 13.9 Å². The summed E-state index contributed by atoms with van der Waals surface area (Å²) < 4.78 is 10.1. The third-order valence-corrected chi connectivity index (χ3v) is 3.62. The third kappa shape index (κ3) is 10.8. The molecule has 0 heterocycles. The first-order chi connectivity index (χ1) is 7.12. The van der Waals surface area contributed by atoms with E-state index in [1.807, 2.05) is 0 Å². The monoisotopic (exact) mass is 253 g/mol. The summed E-state index contributed by atoms with van der Waals surface area (Å²) in [6.45, 7) is 1.92. The van der Waals surface area contributed by atoms with Crippen molar-refractivity contribution in [3.8, 4) is 0 Å². The van der Waals surface area contributed by atoms with Crippen LogP contribution in [0, 0.1) is 0 Å². The van der Waals surface area contributed by atoms with Crippen LogP contribution in [-0.4, -0.2) is 13.2 Å². The van der Waals surface area contributed by atoms with E-state index in [0.717, 1.165) is 38.5 Å². The lowest BCUT2D eigenvalue weighted by Crippen LogP contribution is -2.09. The van der Waals surface area contributed by atoms with E-state index in [1.165, 1.54) is 0 Å². The summed E-state index contributed by atoms with van der Waals surface area (Å²) >= 11 is 4.75. The Kier molecular flexibility index (Phi) is 10.1. The molecule has 0 N–H and O–H groups in total. The lowest BCUT2D eigenvalue weighted by atomic mass is 10.3. The first-order valence-corrected chi connectivity index (χ1v) is 8.28. The minimum absolute atomic E-state index is 0.447. The maximum Gasteiger partial charge on any atom is 0.115 e. The zero-order valence-electron chi connectivity index (χ0n) is 9.74. The Morgan fingerprint density at radius 2 is 1.33 bits per heavy atom. The highest BCUT2D eigenvalue weighted by atomic mass is 32.5. The van der Waals surface area contributed by atoms with Gasteiger partial charge in [0.25, 0.3) is 0 Å². The average Bonchev–Trinajstić information content (AvgIpc) is 2.20. The van der Waals surface area contributed by atoms with Gasteiger partial charge in [-0.05, 0) is 12.8 Å². The fourth-order valence-electron chi connectivity index (χ4n) is 1.09. The SMILES string of the molecule is CCCCCOP([O-])(=S)OCCCCC. The summed E-state index contributed by atoms with van der Waals surface area (Å²) in [5.41, 5.74) is 0. The predicted molar refractivity (Wildman–Crippen MR) is 65.2 cm³/mol. The smallest absolute Gasteiger partial charge is 0.115 e. The quantitative estimate of drug-likeness (QED) is 0.443. The second-order valence-corrected chi connectivity index (χ2v) is 6.28. The molecular weight excluding hydrogens is 231 g/mol. The Bertz CT molecular complexity index is 172. The maximum atomic E-state index is 11.5. The second-order valence-electron chi connectivity index (χ2n) is 3.53. The molecule has 5 heteroatoms. The van der Waals surface area contributed by atoms with Crippen LogP contribution < -0.4 is 4.89 Å². The van der Waals surface area contributed by atoms with E-state index in [-0.39, 0.29) is 0 Å². The fraction of sp³-hybridized carbons (Fsp3) is 1.00. The van der Waals surface area contributed by atoms with Crippen LogP contribution in [0.1, 0.15) is 52.4 Å². The van der Waals surface area contributed by atoms with Gasteiger partial charge in [-0.2, -0.15) is 0 Å². The van der Waals surface area contributed by atoms with Crippen molar-refractivity contribution in [2.45, 2.75) is 52.4 Å². The van der Waals surface area contributed by atoms with Gasteiger partial charge < -0.3 is 13.9 Å². The van der Waals surface area contributed by atoms with E-state index >= 15 is 0 Å². The maximum absolute atomic E-state index is 11.5. The summed E-state index contributed by atoms with van der Waals surface area (Å²) in [5.74, 6) is 0. The Labute approximate surface area is 98.4 Å². The van der Waals surface area contributed by atoms with E-state index in [0.29, 0.717) is 13.2 Å². The van der Waals surface area contributed by atoms with Crippen LogP contribution >= 0.6 is 6.72 Å². The Morgan fingerprint density at radius 3 is 1.67 bits per heavy atom. The van der Waals surface area contributed by atoms with Gasteiger partial charge in [0, 0.05) is 0 Å². The minimum atomic E-state index is -3.19. The summed E-state index contributed by atoms with van der Waals surface area (Å²) in [5, 5.41) is 0. The van der Waals surface area contributed by atoms with Gasteiger partial charge in [0.05, 0.1) is 13.2 Å². The van der Waals surface area contributed by atoms with Crippen LogP contribution in [0.2, 0.25) is 0 Å². The Balaban J connectivity index is 3.45. The van der Waals surface area contributed by atoms with Gasteiger partial charge >= 0.3 is 0 Å². The van der Waals surface area contributed by atoms with Gasteiger partial charge in [-0.25, -0.2) is 0 Å².